The monoisotopic (exact) mass is 560 g/mol. The number of anilines is 1. The predicted molar refractivity (Wildman–Crippen MR) is 113 cm³/mol. The lowest BCUT2D eigenvalue weighted by Gasteiger charge is -2.11. The molecule has 1 saturated carbocycles. The molecule has 0 saturated heterocycles. The van der Waals surface area contributed by atoms with Crippen LogP contribution in [0.1, 0.15) is 21.8 Å². The molecule has 2 aromatic rings. The van der Waals surface area contributed by atoms with Gasteiger partial charge in [-0.2, -0.15) is 13.2 Å². The molecule has 1 fully saturated rings. The van der Waals surface area contributed by atoms with Crippen LogP contribution >= 0.6 is 50.7 Å². The molecule has 1 aliphatic carbocycles. The van der Waals surface area contributed by atoms with Crippen LogP contribution in [0.2, 0.25) is 5.02 Å². The number of hydrogen-bond donors (Lipinski definition) is 2. The summed E-state index contributed by atoms with van der Waals surface area (Å²) in [6, 6.07) is 7.79. The molecular formula is C19H12BrCl3F4N2O2. The van der Waals surface area contributed by atoms with Crippen LogP contribution in [0.3, 0.4) is 0 Å². The number of benzene rings is 2. The van der Waals surface area contributed by atoms with Crippen molar-refractivity contribution in [1.29, 1.82) is 0 Å². The first-order valence-electron chi connectivity index (χ1n) is 8.59. The Bertz CT molecular complexity index is 1030. The minimum absolute atomic E-state index is 0.0989. The number of rotatable bonds is 5. The largest absolute Gasteiger partial charge is 0.405 e. The van der Waals surface area contributed by atoms with Crippen molar-refractivity contribution in [2.24, 2.45) is 5.92 Å². The molecule has 0 spiro atoms. The Balaban J connectivity index is 1.75. The first kappa shape index (κ1) is 24.1. The summed E-state index contributed by atoms with van der Waals surface area (Å²) in [5.41, 5.74) is 0.259. The van der Waals surface area contributed by atoms with Crippen LogP contribution in [-0.4, -0.2) is 28.9 Å². The molecule has 31 heavy (non-hydrogen) atoms. The molecule has 2 N–H and O–H groups in total. The highest BCUT2D eigenvalue weighted by molar-refractivity contribution is 9.10. The van der Waals surface area contributed by atoms with Gasteiger partial charge in [0.25, 0.3) is 5.91 Å². The molecule has 12 heteroatoms. The van der Waals surface area contributed by atoms with Gasteiger partial charge in [-0.15, -0.1) is 23.2 Å². The van der Waals surface area contributed by atoms with E-state index in [2.05, 4.69) is 21.2 Å². The molecule has 0 unspecified atom stereocenters. The third-order valence-corrected chi connectivity index (χ3v) is 6.24. The number of carbonyl (C=O) groups is 2. The minimum Gasteiger partial charge on any atom is -0.343 e. The molecule has 2 aromatic carbocycles. The molecule has 2 amide bonds. The van der Waals surface area contributed by atoms with Crippen molar-refractivity contribution < 1.29 is 27.2 Å². The molecule has 166 valence electrons. The van der Waals surface area contributed by atoms with Gasteiger partial charge in [0.2, 0.25) is 5.91 Å². The highest BCUT2D eigenvalue weighted by Crippen LogP contribution is 2.65. The topological polar surface area (TPSA) is 58.2 Å². The number of halogens is 8. The van der Waals surface area contributed by atoms with Crippen LogP contribution in [-0.2, 0) is 4.79 Å². The third-order valence-electron chi connectivity index (χ3n) is 4.51. The van der Waals surface area contributed by atoms with Crippen molar-refractivity contribution in [3.05, 3.63) is 62.8 Å². The highest BCUT2D eigenvalue weighted by atomic mass is 79.9. The number of carbonyl (C=O) groups excluding carboxylic acids is 2. The van der Waals surface area contributed by atoms with E-state index >= 15 is 0 Å². The van der Waals surface area contributed by atoms with Gasteiger partial charge in [-0.3, -0.25) is 9.59 Å². The summed E-state index contributed by atoms with van der Waals surface area (Å²) in [7, 11) is 0. The van der Waals surface area contributed by atoms with Crippen molar-refractivity contribution in [2.45, 2.75) is 16.4 Å². The Labute approximate surface area is 197 Å². The minimum atomic E-state index is -4.59. The zero-order valence-corrected chi connectivity index (χ0v) is 19.0. The smallest absolute Gasteiger partial charge is 0.343 e. The zero-order valence-electron chi connectivity index (χ0n) is 15.2. The van der Waals surface area contributed by atoms with Crippen LogP contribution in [0.5, 0.6) is 0 Å². The molecule has 0 aromatic heterocycles. The van der Waals surface area contributed by atoms with E-state index in [1.54, 1.807) is 11.4 Å². The van der Waals surface area contributed by atoms with Gasteiger partial charge in [-0.1, -0.05) is 27.5 Å². The van der Waals surface area contributed by atoms with Gasteiger partial charge < -0.3 is 10.6 Å². The van der Waals surface area contributed by atoms with Crippen molar-refractivity contribution >= 4 is 68.2 Å². The lowest BCUT2D eigenvalue weighted by molar-refractivity contribution is -0.123. The lowest BCUT2D eigenvalue weighted by Crippen LogP contribution is -2.33. The predicted octanol–water partition coefficient (Wildman–Crippen LogP) is 6.06. The Morgan fingerprint density at radius 3 is 2.42 bits per heavy atom. The average Bonchev–Trinajstić information content (AvgIpc) is 3.22. The second-order valence-electron chi connectivity index (χ2n) is 6.81. The van der Waals surface area contributed by atoms with Gasteiger partial charge in [0.15, 0.2) is 0 Å². The molecule has 0 aliphatic heterocycles. The summed E-state index contributed by atoms with van der Waals surface area (Å²) in [5.74, 6) is -3.82. The number of nitrogens with one attached hydrogen (secondary N) is 2. The van der Waals surface area contributed by atoms with E-state index in [9.17, 15) is 27.2 Å². The zero-order chi connectivity index (χ0) is 23.1. The second kappa shape index (κ2) is 8.77. The summed E-state index contributed by atoms with van der Waals surface area (Å²) in [6.07, 6.45) is -4.59. The molecule has 1 aliphatic rings. The Morgan fingerprint density at radius 2 is 1.81 bits per heavy atom. The molecule has 2 atom stereocenters. The van der Waals surface area contributed by atoms with Gasteiger partial charge in [-0.25, -0.2) is 4.39 Å². The summed E-state index contributed by atoms with van der Waals surface area (Å²) >= 11 is 21.5. The fourth-order valence-corrected chi connectivity index (χ4v) is 4.61. The summed E-state index contributed by atoms with van der Waals surface area (Å²) in [6.45, 7) is -1.54. The van der Waals surface area contributed by atoms with Crippen LogP contribution in [0, 0.1) is 11.7 Å². The molecule has 0 heterocycles. The third kappa shape index (κ3) is 5.63. The van der Waals surface area contributed by atoms with Gasteiger partial charge >= 0.3 is 6.18 Å². The summed E-state index contributed by atoms with van der Waals surface area (Å²) in [5, 5.41) is 4.11. The van der Waals surface area contributed by atoms with E-state index in [1.165, 1.54) is 24.3 Å². The number of hydrogen-bond acceptors (Lipinski definition) is 2. The highest BCUT2D eigenvalue weighted by Gasteiger charge is 2.67. The first-order chi connectivity index (χ1) is 14.3. The number of amides is 2. The summed E-state index contributed by atoms with van der Waals surface area (Å²) < 4.78 is 49.6. The van der Waals surface area contributed by atoms with Crippen LogP contribution in [0.4, 0.5) is 23.2 Å². The molecule has 3 rings (SSSR count). The van der Waals surface area contributed by atoms with Gasteiger partial charge in [0.1, 0.15) is 16.7 Å². The van der Waals surface area contributed by atoms with Gasteiger partial charge in [0, 0.05) is 16.1 Å². The van der Waals surface area contributed by atoms with Crippen molar-refractivity contribution in [1.82, 2.24) is 5.32 Å². The average molecular weight is 563 g/mol. The summed E-state index contributed by atoms with van der Waals surface area (Å²) in [4.78, 5) is 24.7. The van der Waals surface area contributed by atoms with E-state index in [-0.39, 0.29) is 16.3 Å². The quantitative estimate of drug-likeness (QED) is 0.344. The van der Waals surface area contributed by atoms with Crippen molar-refractivity contribution in [3.8, 4) is 0 Å². The van der Waals surface area contributed by atoms with Crippen LogP contribution < -0.4 is 10.6 Å². The molecule has 0 bridgehead atoms. The van der Waals surface area contributed by atoms with E-state index < -0.39 is 46.5 Å². The Kier molecular flexibility index (Phi) is 6.82. The van der Waals surface area contributed by atoms with E-state index in [0.29, 0.717) is 10.0 Å². The standard InChI is InChI=1S/C19H12BrCl3F4N2O2/c20-9-3-8(4-10(24)5-9)14-15(19(14,22)23)17(31)29-11-1-2-13(21)12(6-11)16(30)28-7-18(25,26)27/h1-6,14-15H,7H2,(H,28,30)(H,29,31)/t14-,15+/m1/s1. The molecule has 0 radical (unpaired) electrons. The number of alkyl halides is 5. The Morgan fingerprint density at radius 1 is 1.13 bits per heavy atom. The van der Waals surface area contributed by atoms with Crippen molar-refractivity contribution in [2.75, 3.05) is 11.9 Å². The first-order valence-corrected chi connectivity index (χ1v) is 10.5. The second-order valence-corrected chi connectivity index (χ2v) is 9.58. The molecule has 4 nitrogen and oxygen atoms in total. The van der Waals surface area contributed by atoms with Crippen LogP contribution in [0.15, 0.2) is 40.9 Å². The molecular weight excluding hydrogens is 550 g/mol. The van der Waals surface area contributed by atoms with Gasteiger partial charge in [0.05, 0.1) is 16.5 Å². The SMILES string of the molecule is O=C(NCC(F)(F)F)c1cc(NC(=O)[C@@H]2[C@@H](c3cc(F)cc(Br)c3)C2(Cl)Cl)ccc1Cl. The maximum atomic E-state index is 13.7. The normalized spacial score (nSPS) is 19.6. The maximum absolute atomic E-state index is 13.7. The fourth-order valence-electron chi connectivity index (χ4n) is 3.10. The fraction of sp³-hybridized carbons (Fsp3) is 0.263. The van der Waals surface area contributed by atoms with E-state index in [0.717, 1.165) is 6.07 Å². The van der Waals surface area contributed by atoms with Gasteiger partial charge in [-0.05, 0) is 42.0 Å². The lowest BCUT2D eigenvalue weighted by atomic mass is 10.1. The van der Waals surface area contributed by atoms with Crippen LogP contribution in [0.25, 0.3) is 0 Å². The van der Waals surface area contributed by atoms with Crippen molar-refractivity contribution in [3.63, 3.8) is 0 Å². The maximum Gasteiger partial charge on any atom is 0.405 e. The van der Waals surface area contributed by atoms with E-state index in [4.69, 9.17) is 34.8 Å². The Hall–Kier alpha value is -1.55. The van der Waals surface area contributed by atoms with E-state index in [1.807, 2.05) is 0 Å².